The molecule has 0 aromatic heterocycles. The molecule has 1 heterocycles. The number of aryl methyl sites for hydroxylation is 1. The van der Waals surface area contributed by atoms with E-state index in [0.29, 0.717) is 5.92 Å². The maximum Gasteiger partial charge on any atom is -0.00431 e. The van der Waals surface area contributed by atoms with E-state index < -0.39 is 0 Å². The largest absolute Gasteiger partial charge is 0.317 e. The van der Waals surface area contributed by atoms with Crippen LogP contribution in [0.15, 0.2) is 30.8 Å². The van der Waals surface area contributed by atoms with Gasteiger partial charge in [-0.2, -0.15) is 0 Å². The SMILES string of the molecule is C=C(c1ccccc1C)C1CCNCC1. The van der Waals surface area contributed by atoms with Gasteiger partial charge in [0.15, 0.2) is 0 Å². The molecule has 80 valence electrons. The Kier molecular flexibility index (Phi) is 3.22. The highest BCUT2D eigenvalue weighted by molar-refractivity contribution is 5.67. The van der Waals surface area contributed by atoms with Gasteiger partial charge in [0.1, 0.15) is 0 Å². The van der Waals surface area contributed by atoms with Crippen LogP contribution in [0.4, 0.5) is 0 Å². The van der Waals surface area contributed by atoms with Crippen molar-refractivity contribution in [1.82, 2.24) is 5.32 Å². The zero-order valence-corrected chi connectivity index (χ0v) is 9.42. The van der Waals surface area contributed by atoms with E-state index in [9.17, 15) is 0 Å². The molecular weight excluding hydrogens is 182 g/mol. The van der Waals surface area contributed by atoms with E-state index in [1.165, 1.54) is 29.5 Å². The van der Waals surface area contributed by atoms with Gasteiger partial charge in [0.05, 0.1) is 0 Å². The summed E-state index contributed by atoms with van der Waals surface area (Å²) in [5.41, 5.74) is 4.03. The highest BCUT2D eigenvalue weighted by atomic mass is 14.9. The Morgan fingerprint density at radius 3 is 2.60 bits per heavy atom. The third kappa shape index (κ3) is 2.29. The number of hydrogen-bond acceptors (Lipinski definition) is 1. The second-order valence-corrected chi connectivity index (χ2v) is 4.36. The summed E-state index contributed by atoms with van der Waals surface area (Å²) in [5.74, 6) is 0.673. The molecule has 15 heavy (non-hydrogen) atoms. The molecule has 1 N–H and O–H groups in total. The summed E-state index contributed by atoms with van der Waals surface area (Å²) in [7, 11) is 0. The average Bonchev–Trinajstić information content (AvgIpc) is 2.30. The highest BCUT2D eigenvalue weighted by Crippen LogP contribution is 2.29. The zero-order valence-electron chi connectivity index (χ0n) is 9.42. The monoisotopic (exact) mass is 201 g/mol. The number of benzene rings is 1. The molecule has 1 aliphatic rings. The van der Waals surface area contributed by atoms with Crippen molar-refractivity contribution in [3.8, 4) is 0 Å². The van der Waals surface area contributed by atoms with E-state index in [4.69, 9.17) is 0 Å². The van der Waals surface area contributed by atoms with Crippen molar-refractivity contribution in [3.63, 3.8) is 0 Å². The van der Waals surface area contributed by atoms with Gasteiger partial charge in [-0.05, 0) is 55.5 Å². The Morgan fingerprint density at radius 1 is 1.27 bits per heavy atom. The van der Waals surface area contributed by atoms with Gasteiger partial charge in [0.25, 0.3) is 0 Å². The minimum absolute atomic E-state index is 0.673. The van der Waals surface area contributed by atoms with E-state index in [2.05, 4.69) is 43.1 Å². The molecule has 0 spiro atoms. The molecular formula is C14H19N. The minimum atomic E-state index is 0.673. The predicted octanol–water partition coefficient (Wildman–Crippen LogP) is 3.01. The lowest BCUT2D eigenvalue weighted by Gasteiger charge is -2.25. The van der Waals surface area contributed by atoms with Crippen LogP contribution < -0.4 is 5.32 Å². The van der Waals surface area contributed by atoms with Gasteiger partial charge < -0.3 is 5.32 Å². The topological polar surface area (TPSA) is 12.0 Å². The van der Waals surface area contributed by atoms with Gasteiger partial charge in [0, 0.05) is 0 Å². The molecule has 1 aliphatic heterocycles. The summed E-state index contributed by atoms with van der Waals surface area (Å²) in [6.07, 6.45) is 2.46. The van der Waals surface area contributed by atoms with Crippen molar-refractivity contribution in [2.75, 3.05) is 13.1 Å². The summed E-state index contributed by atoms with van der Waals surface area (Å²) >= 11 is 0. The molecule has 1 heteroatoms. The molecule has 2 rings (SSSR count). The lowest BCUT2D eigenvalue weighted by molar-refractivity contribution is 0.447. The average molecular weight is 201 g/mol. The Morgan fingerprint density at radius 2 is 1.93 bits per heavy atom. The van der Waals surface area contributed by atoms with E-state index >= 15 is 0 Å². The van der Waals surface area contributed by atoms with Crippen LogP contribution in [0.1, 0.15) is 24.0 Å². The number of hydrogen-bond donors (Lipinski definition) is 1. The molecule has 1 aromatic carbocycles. The second kappa shape index (κ2) is 4.63. The first-order chi connectivity index (χ1) is 7.29. The lowest BCUT2D eigenvalue weighted by Crippen LogP contribution is -2.28. The Bertz CT molecular complexity index is 348. The molecule has 1 nitrogen and oxygen atoms in total. The van der Waals surface area contributed by atoms with Crippen LogP contribution in [0.3, 0.4) is 0 Å². The van der Waals surface area contributed by atoms with Crippen molar-refractivity contribution < 1.29 is 0 Å². The fourth-order valence-corrected chi connectivity index (χ4v) is 2.32. The Labute approximate surface area is 92.2 Å². The maximum atomic E-state index is 4.28. The molecule has 0 unspecified atom stereocenters. The number of nitrogens with one attached hydrogen (secondary N) is 1. The second-order valence-electron chi connectivity index (χ2n) is 4.36. The molecule has 0 bridgehead atoms. The zero-order chi connectivity index (χ0) is 10.7. The van der Waals surface area contributed by atoms with Crippen LogP contribution in [0.2, 0.25) is 0 Å². The van der Waals surface area contributed by atoms with Gasteiger partial charge in [-0.15, -0.1) is 0 Å². The molecule has 0 atom stereocenters. The summed E-state index contributed by atoms with van der Waals surface area (Å²) in [6, 6.07) is 8.56. The van der Waals surface area contributed by atoms with Crippen LogP contribution in [-0.4, -0.2) is 13.1 Å². The van der Waals surface area contributed by atoms with Crippen molar-refractivity contribution in [1.29, 1.82) is 0 Å². The van der Waals surface area contributed by atoms with Gasteiger partial charge in [0.2, 0.25) is 0 Å². The summed E-state index contributed by atoms with van der Waals surface area (Å²) in [5, 5.41) is 3.39. The van der Waals surface area contributed by atoms with Crippen molar-refractivity contribution in [3.05, 3.63) is 42.0 Å². The molecule has 1 fully saturated rings. The van der Waals surface area contributed by atoms with Crippen LogP contribution >= 0.6 is 0 Å². The first-order valence-corrected chi connectivity index (χ1v) is 5.74. The van der Waals surface area contributed by atoms with Crippen LogP contribution in [-0.2, 0) is 0 Å². The Hall–Kier alpha value is -1.08. The van der Waals surface area contributed by atoms with Gasteiger partial charge in [-0.3, -0.25) is 0 Å². The van der Waals surface area contributed by atoms with E-state index in [1.807, 2.05) is 0 Å². The van der Waals surface area contributed by atoms with Crippen molar-refractivity contribution >= 4 is 5.57 Å². The lowest BCUT2D eigenvalue weighted by atomic mass is 9.85. The molecule has 1 aromatic rings. The van der Waals surface area contributed by atoms with E-state index in [0.717, 1.165) is 13.1 Å². The summed E-state index contributed by atoms with van der Waals surface area (Å²) in [6.45, 7) is 8.72. The van der Waals surface area contributed by atoms with Gasteiger partial charge >= 0.3 is 0 Å². The van der Waals surface area contributed by atoms with Crippen LogP contribution in [0.5, 0.6) is 0 Å². The summed E-state index contributed by atoms with van der Waals surface area (Å²) < 4.78 is 0. The summed E-state index contributed by atoms with van der Waals surface area (Å²) in [4.78, 5) is 0. The number of rotatable bonds is 2. The third-order valence-electron chi connectivity index (χ3n) is 3.32. The standard InChI is InChI=1S/C14H19N/c1-11-5-3-4-6-14(11)12(2)13-7-9-15-10-8-13/h3-6,13,15H,2,7-10H2,1H3. The van der Waals surface area contributed by atoms with Gasteiger partial charge in [-0.25, -0.2) is 0 Å². The fourth-order valence-electron chi connectivity index (χ4n) is 2.32. The smallest absolute Gasteiger partial charge is 0.00431 e. The third-order valence-corrected chi connectivity index (χ3v) is 3.32. The molecule has 0 radical (unpaired) electrons. The quantitative estimate of drug-likeness (QED) is 0.775. The van der Waals surface area contributed by atoms with Crippen LogP contribution in [0.25, 0.3) is 5.57 Å². The maximum absolute atomic E-state index is 4.28. The fraction of sp³-hybridized carbons (Fsp3) is 0.429. The van der Waals surface area contributed by atoms with Crippen molar-refractivity contribution in [2.45, 2.75) is 19.8 Å². The van der Waals surface area contributed by atoms with E-state index in [-0.39, 0.29) is 0 Å². The predicted molar refractivity (Wildman–Crippen MR) is 65.8 cm³/mol. The van der Waals surface area contributed by atoms with E-state index in [1.54, 1.807) is 0 Å². The number of piperidine rings is 1. The molecule has 1 saturated heterocycles. The molecule has 0 amide bonds. The first kappa shape index (κ1) is 10.4. The normalized spacial score (nSPS) is 17.7. The van der Waals surface area contributed by atoms with Crippen molar-refractivity contribution in [2.24, 2.45) is 5.92 Å². The Balaban J connectivity index is 2.16. The van der Waals surface area contributed by atoms with Gasteiger partial charge in [-0.1, -0.05) is 30.8 Å². The first-order valence-electron chi connectivity index (χ1n) is 5.74. The number of allylic oxidation sites excluding steroid dienone is 1. The molecule has 0 saturated carbocycles. The molecule has 0 aliphatic carbocycles. The highest BCUT2D eigenvalue weighted by Gasteiger charge is 2.17. The van der Waals surface area contributed by atoms with Crippen LogP contribution in [0, 0.1) is 12.8 Å². The minimum Gasteiger partial charge on any atom is -0.317 e.